The Bertz CT molecular complexity index is 2700. The van der Waals surface area contributed by atoms with Crippen LogP contribution in [0.2, 0.25) is 0 Å². The van der Waals surface area contributed by atoms with Crippen LogP contribution in [0.4, 0.5) is 0 Å². The molecule has 0 spiro atoms. The molecule has 7 aromatic carbocycles. The highest BCUT2D eigenvalue weighted by Gasteiger charge is 2.48. The number of furan rings is 2. The highest BCUT2D eigenvalue weighted by atomic mass is 31.2. The predicted octanol–water partition coefficient (Wildman–Crippen LogP) is 10.7. The Morgan fingerprint density at radius 3 is 1.38 bits per heavy atom. The van der Waals surface area contributed by atoms with Crippen LogP contribution >= 0.6 is 7.14 Å². The van der Waals surface area contributed by atoms with Crippen molar-refractivity contribution in [2.24, 2.45) is 0 Å². The van der Waals surface area contributed by atoms with Crippen LogP contribution in [0.1, 0.15) is 0 Å². The van der Waals surface area contributed by atoms with Gasteiger partial charge in [0.05, 0.1) is 10.6 Å². The van der Waals surface area contributed by atoms with Crippen molar-refractivity contribution in [1.82, 2.24) is 0 Å². The van der Waals surface area contributed by atoms with E-state index in [2.05, 4.69) is 30.3 Å². The molecule has 0 N–H and O–H groups in total. The summed E-state index contributed by atoms with van der Waals surface area (Å²) in [6.45, 7) is 0. The molecule has 9 aromatic rings. The van der Waals surface area contributed by atoms with Crippen LogP contribution in [-0.4, -0.2) is 0 Å². The van der Waals surface area contributed by atoms with Gasteiger partial charge in [0.2, 0.25) is 0 Å². The Morgan fingerprint density at radius 2 is 0.854 bits per heavy atom. The van der Waals surface area contributed by atoms with Crippen LogP contribution in [0.15, 0.2) is 148 Å². The molecule has 226 valence electrons. The van der Waals surface area contributed by atoms with Gasteiger partial charge in [-0.25, -0.2) is 0 Å². The molecule has 2 aliphatic heterocycles. The number of benzene rings is 7. The zero-order chi connectivity index (χ0) is 31.6. The smallest absolute Gasteiger partial charge is 0.185 e. The van der Waals surface area contributed by atoms with Crippen molar-refractivity contribution in [2.75, 3.05) is 0 Å². The van der Waals surface area contributed by atoms with Crippen LogP contribution in [0.3, 0.4) is 0 Å². The molecule has 0 radical (unpaired) electrons. The van der Waals surface area contributed by atoms with Crippen LogP contribution in [-0.2, 0) is 4.57 Å². The Balaban J connectivity index is 1.32. The summed E-state index contributed by atoms with van der Waals surface area (Å²) in [4.78, 5) is 0. The van der Waals surface area contributed by atoms with Crippen molar-refractivity contribution < 1.29 is 22.9 Å². The summed E-state index contributed by atoms with van der Waals surface area (Å²) in [5, 5.41) is 5.91. The fourth-order valence-electron chi connectivity index (χ4n) is 7.64. The van der Waals surface area contributed by atoms with E-state index in [0.29, 0.717) is 38.9 Å². The van der Waals surface area contributed by atoms with E-state index < -0.39 is 7.14 Å². The van der Waals surface area contributed by atoms with Crippen LogP contribution in [0, 0.1) is 0 Å². The van der Waals surface area contributed by atoms with Gasteiger partial charge in [0, 0.05) is 43.8 Å². The third-order valence-electron chi connectivity index (χ3n) is 9.74. The monoisotopic (exact) mass is 638 g/mol. The zero-order valence-corrected chi connectivity index (χ0v) is 26.2. The van der Waals surface area contributed by atoms with Crippen LogP contribution in [0.5, 0.6) is 23.0 Å². The van der Waals surface area contributed by atoms with Crippen molar-refractivity contribution in [1.29, 1.82) is 0 Å². The molecular formula is C42H23O5P. The van der Waals surface area contributed by atoms with Crippen molar-refractivity contribution in [3.8, 4) is 45.3 Å². The predicted molar refractivity (Wildman–Crippen MR) is 191 cm³/mol. The Kier molecular flexibility index (Phi) is 5.04. The lowest BCUT2D eigenvalue weighted by atomic mass is 9.94. The highest BCUT2D eigenvalue weighted by Crippen LogP contribution is 2.62. The first kappa shape index (κ1) is 26.1. The van der Waals surface area contributed by atoms with E-state index in [9.17, 15) is 0 Å². The molecule has 5 nitrogen and oxygen atoms in total. The molecule has 2 aliphatic rings. The quantitative estimate of drug-likeness (QED) is 0.176. The van der Waals surface area contributed by atoms with E-state index in [1.165, 1.54) is 0 Å². The fourth-order valence-corrected chi connectivity index (χ4v) is 10.7. The van der Waals surface area contributed by atoms with Gasteiger partial charge in [0.25, 0.3) is 0 Å². The second-order valence-corrected chi connectivity index (χ2v) is 14.9. The first-order chi connectivity index (χ1) is 23.7. The molecule has 2 aromatic heterocycles. The number of fused-ring (bicyclic) bond motifs is 10. The lowest BCUT2D eigenvalue weighted by Crippen LogP contribution is -2.35. The van der Waals surface area contributed by atoms with E-state index in [4.69, 9.17) is 18.3 Å². The van der Waals surface area contributed by atoms with E-state index in [1.54, 1.807) is 0 Å². The number of ether oxygens (including phenoxy) is 2. The molecule has 0 amide bonds. The topological polar surface area (TPSA) is 61.8 Å². The summed E-state index contributed by atoms with van der Waals surface area (Å²) in [5.41, 5.74) is 6.27. The maximum atomic E-state index is 16.1. The first-order valence-electron chi connectivity index (χ1n) is 15.9. The second-order valence-electron chi connectivity index (χ2n) is 12.3. The van der Waals surface area contributed by atoms with Gasteiger partial charge in [0.1, 0.15) is 39.1 Å². The fraction of sp³-hybridized carbons (Fsp3) is 0. The molecule has 0 aliphatic carbocycles. The molecule has 0 saturated heterocycles. The third-order valence-corrected chi connectivity index (χ3v) is 12.9. The maximum absolute atomic E-state index is 16.1. The Morgan fingerprint density at radius 1 is 0.417 bits per heavy atom. The summed E-state index contributed by atoms with van der Waals surface area (Å²) in [5.74, 6) is 2.16. The Hall–Kier alpha value is -6.03. The molecule has 48 heavy (non-hydrogen) atoms. The average Bonchev–Trinajstić information content (AvgIpc) is 3.71. The highest BCUT2D eigenvalue weighted by molar-refractivity contribution is 7.86. The lowest BCUT2D eigenvalue weighted by Gasteiger charge is -2.36. The van der Waals surface area contributed by atoms with Crippen LogP contribution < -0.4 is 25.4 Å². The number of para-hydroxylation sites is 6. The van der Waals surface area contributed by atoms with Gasteiger partial charge in [-0.1, -0.05) is 97.1 Å². The van der Waals surface area contributed by atoms with Gasteiger partial charge in [-0.05, 0) is 42.5 Å². The van der Waals surface area contributed by atoms with Gasteiger partial charge in [-0.3, -0.25) is 0 Å². The standard InChI is InChI=1S/C42H23O5P/c43-48-36-21-7-5-19-34(36)46-40-30(28-15-9-13-26-24-11-1-3-17-32(24)44-38(26)28)23-31(41(42(40)48)47-35-20-6-8-22-37(35)48)29-16-10-14-27-25-12-2-4-18-33(25)45-39(27)29/h1-23H. The van der Waals surface area contributed by atoms with Crippen molar-refractivity contribution >= 4 is 66.9 Å². The summed E-state index contributed by atoms with van der Waals surface area (Å²) in [6.07, 6.45) is 0. The Labute approximate surface area is 273 Å². The van der Waals surface area contributed by atoms with E-state index >= 15 is 4.57 Å². The minimum absolute atomic E-state index is 0.509. The number of rotatable bonds is 2. The number of hydrogen-bond donors (Lipinski definition) is 0. The third kappa shape index (κ3) is 3.28. The minimum Gasteiger partial charge on any atom is -0.455 e. The molecule has 0 fully saturated rings. The summed E-state index contributed by atoms with van der Waals surface area (Å²) >= 11 is 0. The molecule has 0 saturated carbocycles. The molecular weight excluding hydrogens is 615 g/mol. The molecule has 6 heteroatoms. The van der Waals surface area contributed by atoms with Gasteiger partial charge in [0.15, 0.2) is 18.6 Å². The first-order valence-corrected chi connectivity index (χ1v) is 17.6. The van der Waals surface area contributed by atoms with Crippen molar-refractivity contribution in [3.05, 3.63) is 140 Å². The van der Waals surface area contributed by atoms with E-state index in [0.717, 1.165) is 66.1 Å². The molecule has 0 bridgehead atoms. The van der Waals surface area contributed by atoms with Crippen molar-refractivity contribution in [2.45, 2.75) is 0 Å². The summed E-state index contributed by atoms with van der Waals surface area (Å²) < 4.78 is 42.9. The minimum atomic E-state index is -3.50. The van der Waals surface area contributed by atoms with Gasteiger partial charge >= 0.3 is 0 Å². The second kappa shape index (κ2) is 9.28. The summed E-state index contributed by atoms with van der Waals surface area (Å²) in [6, 6.07) is 45.8. The van der Waals surface area contributed by atoms with E-state index in [1.807, 2.05) is 109 Å². The molecule has 0 unspecified atom stereocenters. The van der Waals surface area contributed by atoms with E-state index in [-0.39, 0.29) is 0 Å². The molecule has 4 heterocycles. The largest absolute Gasteiger partial charge is 0.455 e. The normalized spacial score (nSPS) is 14.0. The van der Waals surface area contributed by atoms with Gasteiger partial charge in [-0.15, -0.1) is 0 Å². The van der Waals surface area contributed by atoms with Gasteiger partial charge in [-0.2, -0.15) is 0 Å². The summed E-state index contributed by atoms with van der Waals surface area (Å²) in [7, 11) is -3.50. The molecule has 0 atom stereocenters. The molecule has 11 rings (SSSR count). The SMILES string of the molecule is O=P12c3ccccc3Oc3c(-c4cccc5c4oc4ccccc45)cc(-c4cccc5c4oc4ccccc45)c(c31)Oc1ccccc12. The van der Waals surface area contributed by atoms with Crippen molar-refractivity contribution in [3.63, 3.8) is 0 Å². The lowest BCUT2D eigenvalue weighted by molar-refractivity contribution is 0.463. The maximum Gasteiger partial charge on any atom is 0.185 e. The van der Waals surface area contributed by atoms with Crippen LogP contribution in [0.25, 0.3) is 66.1 Å². The number of hydrogen-bond acceptors (Lipinski definition) is 5. The van der Waals surface area contributed by atoms with Gasteiger partial charge < -0.3 is 22.9 Å². The average molecular weight is 639 g/mol. The zero-order valence-electron chi connectivity index (χ0n) is 25.3.